The average Bonchev–Trinajstić information content (AvgIpc) is 3.55. The zero-order chi connectivity index (χ0) is 38.2. The van der Waals surface area contributed by atoms with Gasteiger partial charge in [0, 0.05) is 30.6 Å². The first-order chi connectivity index (χ1) is 23.6. The van der Waals surface area contributed by atoms with Crippen LogP contribution in [0.15, 0.2) is 42.6 Å². The molecule has 0 bridgehead atoms. The number of aromatic nitrogens is 3. The molecule has 2 amide bonds. The van der Waals surface area contributed by atoms with Crippen LogP contribution in [0.5, 0.6) is 5.75 Å². The monoisotopic (exact) mass is 757 g/mol. The lowest BCUT2D eigenvalue weighted by Crippen LogP contribution is -2.47. The molecule has 276 valence electrons. The Morgan fingerprint density at radius 3 is 2.35 bits per heavy atom. The molecule has 19 heteroatoms. The van der Waals surface area contributed by atoms with Crippen molar-refractivity contribution in [1.82, 2.24) is 19.0 Å². The fourth-order valence-corrected chi connectivity index (χ4v) is 6.02. The van der Waals surface area contributed by atoms with Crippen LogP contribution in [0, 0.1) is 12.8 Å². The van der Waals surface area contributed by atoms with E-state index in [1.165, 1.54) is 43.1 Å². The van der Waals surface area contributed by atoms with E-state index in [2.05, 4.69) is 15.0 Å². The SMILES string of the molecule is Cc1oc2c(c1CC(=O)N=c1scc(-c3ccc(OC(F)(F)F)c(Cl)c3)n1COC(=O)[C@@H](NC(=O)OC(C)(C)C)C(C)C)c(=O)n(C)c(=O)n2C. The normalized spacial score (nSPS) is 13.1. The van der Waals surface area contributed by atoms with Gasteiger partial charge in [-0.15, -0.1) is 24.5 Å². The smallest absolute Gasteiger partial charge is 0.444 e. The maximum absolute atomic E-state index is 13.4. The highest BCUT2D eigenvalue weighted by atomic mass is 35.5. The molecule has 1 N–H and O–H groups in total. The van der Waals surface area contributed by atoms with Crippen LogP contribution >= 0.6 is 22.9 Å². The van der Waals surface area contributed by atoms with Gasteiger partial charge in [0.05, 0.1) is 17.1 Å². The standard InChI is InChI=1S/C32H35ClF3N5O9S/c1-15(2)24(38-29(45)50-31(4,5)6)27(44)47-14-41-20(17-9-10-21(19(33)11-17)49-32(34,35)36)13-51-28(41)37-22(42)12-18-16(3)48-26-23(18)25(43)39(7)30(46)40(26)8/h9-11,13,15,24H,12,14H2,1-8H3,(H,38,45)/t24-/m0/s1. The Balaban J connectivity index is 1.74. The third-order valence-corrected chi connectivity index (χ3v) is 8.47. The number of carbonyl (C=O) groups excluding carboxylic acids is 3. The highest BCUT2D eigenvalue weighted by Crippen LogP contribution is 2.34. The number of fused-ring (bicyclic) bond motifs is 1. The number of rotatable bonds is 9. The molecule has 4 aromatic rings. The number of amides is 2. The van der Waals surface area contributed by atoms with Gasteiger partial charge < -0.3 is 23.9 Å². The van der Waals surface area contributed by atoms with Gasteiger partial charge in [-0.3, -0.25) is 23.3 Å². The number of nitrogens with one attached hydrogen (secondary N) is 1. The Bertz CT molecular complexity index is 2190. The van der Waals surface area contributed by atoms with Gasteiger partial charge in [0.25, 0.3) is 11.5 Å². The van der Waals surface area contributed by atoms with Crippen molar-refractivity contribution in [2.75, 3.05) is 0 Å². The van der Waals surface area contributed by atoms with Gasteiger partial charge in [0.15, 0.2) is 11.5 Å². The number of hydrogen-bond acceptors (Lipinski definition) is 10. The zero-order valence-corrected chi connectivity index (χ0v) is 30.3. The first-order valence-corrected chi connectivity index (χ1v) is 16.5. The Morgan fingerprint density at radius 2 is 1.76 bits per heavy atom. The molecule has 0 saturated heterocycles. The van der Waals surface area contributed by atoms with E-state index in [1.807, 2.05) is 0 Å². The van der Waals surface area contributed by atoms with Gasteiger partial charge in [-0.2, -0.15) is 4.99 Å². The summed E-state index contributed by atoms with van der Waals surface area (Å²) in [6.07, 6.45) is -6.26. The second-order valence-corrected chi connectivity index (χ2v) is 13.9. The first-order valence-electron chi connectivity index (χ1n) is 15.2. The number of alkyl halides is 3. The minimum atomic E-state index is -4.99. The van der Waals surface area contributed by atoms with Crippen LogP contribution in [-0.4, -0.2) is 49.7 Å². The molecule has 51 heavy (non-hydrogen) atoms. The predicted octanol–water partition coefficient (Wildman–Crippen LogP) is 4.94. The number of hydrogen-bond donors (Lipinski definition) is 1. The van der Waals surface area contributed by atoms with Gasteiger partial charge in [-0.25, -0.2) is 14.4 Å². The number of furan rings is 1. The zero-order valence-electron chi connectivity index (χ0n) is 28.8. The van der Waals surface area contributed by atoms with Crippen LogP contribution in [0.1, 0.15) is 45.9 Å². The van der Waals surface area contributed by atoms with Crippen LogP contribution in [0.3, 0.4) is 0 Å². The Labute approximate surface area is 297 Å². The highest BCUT2D eigenvalue weighted by molar-refractivity contribution is 7.07. The van der Waals surface area contributed by atoms with Crippen molar-refractivity contribution in [3.8, 4) is 17.0 Å². The third kappa shape index (κ3) is 9.10. The summed E-state index contributed by atoms with van der Waals surface area (Å²) in [4.78, 5) is 68.7. The van der Waals surface area contributed by atoms with Crippen LogP contribution in [0.2, 0.25) is 5.02 Å². The molecule has 0 aliphatic carbocycles. The molecule has 0 saturated carbocycles. The van der Waals surface area contributed by atoms with Gasteiger partial charge in [-0.1, -0.05) is 25.4 Å². The molecule has 0 radical (unpaired) electrons. The predicted molar refractivity (Wildman–Crippen MR) is 179 cm³/mol. The summed E-state index contributed by atoms with van der Waals surface area (Å²) >= 11 is 7.05. The topological polar surface area (TPSA) is 165 Å². The Morgan fingerprint density at radius 1 is 1.10 bits per heavy atom. The van der Waals surface area contributed by atoms with Crippen LogP contribution < -0.4 is 26.1 Å². The van der Waals surface area contributed by atoms with E-state index in [0.29, 0.717) is 0 Å². The number of benzene rings is 1. The fourth-order valence-electron chi connectivity index (χ4n) is 4.89. The number of alkyl carbamates (subject to hydrolysis) is 1. The molecule has 14 nitrogen and oxygen atoms in total. The van der Waals surface area contributed by atoms with Crippen molar-refractivity contribution in [2.24, 2.45) is 25.0 Å². The molecule has 0 fully saturated rings. The summed E-state index contributed by atoms with van der Waals surface area (Å²) < 4.78 is 62.4. The summed E-state index contributed by atoms with van der Waals surface area (Å²) in [5, 5.41) is 3.65. The van der Waals surface area contributed by atoms with Crippen molar-refractivity contribution in [3.63, 3.8) is 0 Å². The summed E-state index contributed by atoms with van der Waals surface area (Å²) in [5.74, 6) is -2.48. The lowest BCUT2D eigenvalue weighted by atomic mass is 10.1. The molecule has 0 unspecified atom stereocenters. The number of esters is 1. The maximum atomic E-state index is 13.4. The van der Waals surface area contributed by atoms with E-state index in [9.17, 15) is 37.1 Å². The van der Waals surface area contributed by atoms with E-state index < -0.39 is 72.0 Å². The molecule has 0 aliphatic heterocycles. The first kappa shape index (κ1) is 39.0. The van der Waals surface area contributed by atoms with Gasteiger partial charge in [0.1, 0.15) is 28.5 Å². The molecule has 3 heterocycles. The number of nitrogens with zero attached hydrogens (tertiary/aromatic N) is 4. The molecule has 0 spiro atoms. The second kappa shape index (κ2) is 14.8. The van der Waals surface area contributed by atoms with Gasteiger partial charge in [0.2, 0.25) is 5.71 Å². The lowest BCUT2D eigenvalue weighted by Gasteiger charge is -2.24. The average molecular weight is 758 g/mol. The van der Waals surface area contributed by atoms with Crippen molar-refractivity contribution >= 4 is 52.0 Å². The number of ether oxygens (including phenoxy) is 3. The van der Waals surface area contributed by atoms with Crippen molar-refractivity contribution in [1.29, 1.82) is 0 Å². The van der Waals surface area contributed by atoms with Crippen LogP contribution in [0.25, 0.3) is 22.4 Å². The number of aryl methyl sites for hydroxylation is 2. The van der Waals surface area contributed by atoms with Crippen LogP contribution in [-0.2, 0) is 46.3 Å². The van der Waals surface area contributed by atoms with E-state index in [0.717, 1.165) is 26.5 Å². The summed E-state index contributed by atoms with van der Waals surface area (Å²) in [7, 11) is 2.71. The minimum Gasteiger partial charge on any atom is -0.444 e. The van der Waals surface area contributed by atoms with Crippen LogP contribution in [0.4, 0.5) is 18.0 Å². The number of thiazole rings is 1. The lowest BCUT2D eigenvalue weighted by molar-refractivity contribution is -0.274. The van der Waals surface area contributed by atoms with E-state index in [1.54, 1.807) is 34.6 Å². The second-order valence-electron chi connectivity index (χ2n) is 12.7. The largest absolute Gasteiger partial charge is 0.573 e. The molecule has 0 aliphatic rings. The minimum absolute atomic E-state index is 0.00138. The quantitative estimate of drug-likeness (QED) is 0.233. The number of carbonyl (C=O) groups is 3. The third-order valence-electron chi connectivity index (χ3n) is 7.32. The Kier molecular flexibility index (Phi) is 11.3. The summed E-state index contributed by atoms with van der Waals surface area (Å²) in [6.45, 7) is 9.28. The van der Waals surface area contributed by atoms with Gasteiger partial charge in [-0.05, 0) is 51.8 Å². The van der Waals surface area contributed by atoms with Crippen molar-refractivity contribution < 1.29 is 46.2 Å². The van der Waals surface area contributed by atoms with Crippen molar-refractivity contribution in [2.45, 2.75) is 72.7 Å². The van der Waals surface area contributed by atoms with E-state index >= 15 is 0 Å². The molecule has 1 atom stereocenters. The molecular formula is C32H35ClF3N5O9S. The van der Waals surface area contributed by atoms with E-state index in [4.69, 9.17) is 25.5 Å². The summed E-state index contributed by atoms with van der Waals surface area (Å²) in [6, 6.07) is 2.33. The number of halogens is 4. The van der Waals surface area contributed by atoms with E-state index in [-0.39, 0.29) is 43.5 Å². The molecular weight excluding hydrogens is 723 g/mol. The maximum Gasteiger partial charge on any atom is 0.573 e. The van der Waals surface area contributed by atoms with Crippen molar-refractivity contribution in [3.05, 3.63) is 65.6 Å². The molecule has 4 rings (SSSR count). The fraction of sp³-hybridized carbons (Fsp3) is 0.438. The molecule has 1 aromatic carbocycles. The Hall–Kier alpha value is -4.84. The van der Waals surface area contributed by atoms with Gasteiger partial charge >= 0.3 is 24.1 Å². The molecule has 3 aromatic heterocycles. The highest BCUT2D eigenvalue weighted by Gasteiger charge is 2.32. The summed E-state index contributed by atoms with van der Waals surface area (Å²) in [5.41, 5.74) is -1.43.